The molecular weight excluding hydrogens is 1570 g/mol. The Kier molecular flexibility index (Phi) is 21.3. The molecule has 27 heterocycles. The van der Waals surface area contributed by atoms with Crippen LogP contribution in [0.25, 0.3) is 198 Å². The van der Waals surface area contributed by atoms with E-state index in [2.05, 4.69) is 174 Å². The van der Waals surface area contributed by atoms with Crippen molar-refractivity contribution in [3.8, 4) is 0 Å². The smallest absolute Gasteiger partial charge is 0.145 e. The minimum Gasteiger partial charge on any atom is -0.342 e. The second kappa shape index (κ2) is 34.1. The van der Waals surface area contributed by atoms with Crippen molar-refractivity contribution in [2.75, 3.05) is 0 Å². The summed E-state index contributed by atoms with van der Waals surface area (Å²) in [5, 5.41) is 14.8. The summed E-state index contributed by atoms with van der Waals surface area (Å²) in [6.45, 7) is 0. The Bertz CT molecular complexity index is 6610. The summed E-state index contributed by atoms with van der Waals surface area (Å²) >= 11 is 0. The van der Waals surface area contributed by atoms with E-state index >= 15 is 0 Å². The summed E-state index contributed by atoms with van der Waals surface area (Å²) in [6, 6.07) is 48.2. The molecule has 0 atom stereocenters. The van der Waals surface area contributed by atoms with E-state index in [1.807, 2.05) is 287 Å². The standard InChI is InChI=1S/7C11H9N3.2C10H8N4/c1-14-10-3-5-12-6-9(10)8-2-4-13-7-11(8)14;1-14-9-5-3-6-12-10(9)8-4-2-7-13-11(8)14;2*1-14-9-4-6-12-7-8(9)11-10(14)3-2-5-13-11;2*1-14-9-3-2-5-13-11(9)8-4-6-12-7-10(8)14;1-14-10-4-6-12-7-9(10)8-3-2-5-13-11(8)14;1-14-9-5-11-3-2-7(9)8-4-12-6-13-10(8)14;1-14-9-7(3-2-4-12-9)8-5-11-6-13-10(8)14/h7*2-7H,1H3;2*2-6H,1H3. The van der Waals surface area contributed by atoms with Gasteiger partial charge in [0.1, 0.15) is 40.9 Å². The van der Waals surface area contributed by atoms with Gasteiger partial charge in [0.25, 0.3) is 0 Å². The molecule has 0 radical (unpaired) electrons. The molecule has 0 N–H and O–H groups in total. The van der Waals surface area contributed by atoms with E-state index in [0.29, 0.717) is 0 Å². The molecule has 0 saturated carbocycles. The molecule has 0 saturated heterocycles. The number of hydrogen-bond acceptors (Lipinski definition) is 20. The molecule has 29 nitrogen and oxygen atoms in total. The highest BCUT2D eigenvalue weighted by atomic mass is 15.1. The first-order valence-electron chi connectivity index (χ1n) is 40.3. The third-order valence-electron chi connectivity index (χ3n) is 22.8. The molecule has 0 aliphatic rings. The van der Waals surface area contributed by atoms with E-state index in [0.717, 1.165) is 165 Å². The van der Waals surface area contributed by atoms with Crippen LogP contribution in [0.1, 0.15) is 0 Å². The predicted octanol–water partition coefficient (Wildman–Crippen LogP) is 17.9. The number of aromatic nitrogens is 29. The van der Waals surface area contributed by atoms with Crippen LogP contribution in [-0.4, -0.2) is 141 Å². The highest BCUT2D eigenvalue weighted by Crippen LogP contribution is 2.33. The molecule has 0 spiro atoms. The van der Waals surface area contributed by atoms with Crippen molar-refractivity contribution in [1.82, 2.24) is 141 Å². The van der Waals surface area contributed by atoms with Crippen LogP contribution >= 0.6 is 0 Å². The van der Waals surface area contributed by atoms with Crippen molar-refractivity contribution >= 4 is 198 Å². The zero-order chi connectivity index (χ0) is 85.9. The van der Waals surface area contributed by atoms with Crippen LogP contribution in [0.15, 0.2) is 319 Å². The van der Waals surface area contributed by atoms with Crippen molar-refractivity contribution in [2.45, 2.75) is 0 Å². The van der Waals surface area contributed by atoms with Crippen LogP contribution in [0.4, 0.5) is 0 Å². The fourth-order valence-corrected chi connectivity index (χ4v) is 16.6. The monoisotopic (exact) mass is 1650 g/mol. The summed E-state index contributed by atoms with van der Waals surface area (Å²) in [5.74, 6) is 0. The Balaban J connectivity index is 0.0000000926. The van der Waals surface area contributed by atoms with Gasteiger partial charge in [-0.3, -0.25) is 64.8 Å². The largest absolute Gasteiger partial charge is 0.342 e. The topological polar surface area (TPSA) is 302 Å². The van der Waals surface area contributed by atoms with Gasteiger partial charge in [0.2, 0.25) is 0 Å². The number of aryl methyl sites for hydroxylation is 9. The first kappa shape index (κ1) is 78.6. The molecule has 27 aromatic rings. The molecular formula is C97H79N29. The summed E-state index contributed by atoms with van der Waals surface area (Å²) in [7, 11) is 18.2. The summed E-state index contributed by atoms with van der Waals surface area (Å²) in [4.78, 5) is 84.4. The number of fused-ring (bicyclic) bond motifs is 27. The van der Waals surface area contributed by atoms with Crippen LogP contribution in [-0.2, 0) is 63.4 Å². The molecule has 0 bridgehead atoms. The van der Waals surface area contributed by atoms with Gasteiger partial charge in [-0.2, -0.15) is 0 Å². The predicted molar refractivity (Wildman–Crippen MR) is 500 cm³/mol. The zero-order valence-corrected chi connectivity index (χ0v) is 70.0. The summed E-state index contributed by atoms with van der Waals surface area (Å²) in [5.41, 5.74) is 24.9. The third-order valence-corrected chi connectivity index (χ3v) is 22.8. The van der Waals surface area contributed by atoms with Gasteiger partial charge in [-0.25, -0.2) is 34.9 Å². The molecule has 0 aromatic carbocycles. The van der Waals surface area contributed by atoms with Gasteiger partial charge >= 0.3 is 0 Å². The van der Waals surface area contributed by atoms with Crippen molar-refractivity contribution in [3.05, 3.63) is 319 Å². The lowest BCUT2D eigenvalue weighted by Crippen LogP contribution is -1.90. The minimum absolute atomic E-state index is 0.925. The molecule has 0 amide bonds. The van der Waals surface area contributed by atoms with Gasteiger partial charge in [-0.1, -0.05) is 0 Å². The van der Waals surface area contributed by atoms with Crippen LogP contribution in [0.5, 0.6) is 0 Å². The maximum atomic E-state index is 4.38. The van der Waals surface area contributed by atoms with Gasteiger partial charge in [0, 0.05) is 270 Å². The summed E-state index contributed by atoms with van der Waals surface area (Å²) < 4.78 is 18.8. The van der Waals surface area contributed by atoms with E-state index < -0.39 is 0 Å². The second-order valence-corrected chi connectivity index (χ2v) is 29.7. The number of hydrogen-bond donors (Lipinski definition) is 0. The van der Waals surface area contributed by atoms with Gasteiger partial charge in [-0.15, -0.1) is 0 Å². The quantitative estimate of drug-likeness (QED) is 0.136. The van der Waals surface area contributed by atoms with E-state index in [-0.39, 0.29) is 0 Å². The zero-order valence-electron chi connectivity index (χ0n) is 70.0. The molecule has 29 heteroatoms. The van der Waals surface area contributed by atoms with Crippen molar-refractivity contribution < 1.29 is 0 Å². The molecule has 0 fully saturated rings. The highest BCUT2D eigenvalue weighted by molar-refractivity contribution is 6.12. The highest BCUT2D eigenvalue weighted by Gasteiger charge is 2.16. The van der Waals surface area contributed by atoms with Crippen LogP contribution in [0, 0.1) is 0 Å². The van der Waals surface area contributed by atoms with Crippen molar-refractivity contribution in [3.63, 3.8) is 0 Å². The van der Waals surface area contributed by atoms with Gasteiger partial charge in [-0.05, 0) is 146 Å². The molecule has 27 rings (SSSR count). The van der Waals surface area contributed by atoms with Crippen molar-refractivity contribution in [2.24, 2.45) is 63.4 Å². The fraction of sp³-hybridized carbons (Fsp3) is 0.0928. The molecule has 0 aliphatic carbocycles. The lowest BCUT2D eigenvalue weighted by Gasteiger charge is -1.94. The second-order valence-electron chi connectivity index (χ2n) is 29.7. The lowest BCUT2D eigenvalue weighted by molar-refractivity contribution is 0.962. The normalized spacial score (nSPS) is 11.2. The number of rotatable bonds is 0. The molecule has 612 valence electrons. The average Bonchev–Trinajstić information content (AvgIpc) is 1.70. The minimum atomic E-state index is 0.925. The van der Waals surface area contributed by atoms with Crippen LogP contribution in [0.2, 0.25) is 0 Å². The Morgan fingerprint density at radius 3 is 0.833 bits per heavy atom. The van der Waals surface area contributed by atoms with Crippen LogP contribution in [0.3, 0.4) is 0 Å². The first-order chi connectivity index (χ1) is 61.9. The molecule has 27 aromatic heterocycles. The van der Waals surface area contributed by atoms with E-state index in [1.54, 1.807) is 62.2 Å². The average molecular weight is 1650 g/mol. The molecule has 0 unspecified atom stereocenters. The van der Waals surface area contributed by atoms with Gasteiger partial charge in [0.05, 0.1) is 124 Å². The first-order valence-corrected chi connectivity index (χ1v) is 40.3. The number of nitrogens with zero attached hydrogens (tertiary/aromatic N) is 29. The SMILES string of the molecule is Cn1c2cccnc2c2cccnc21.Cn1c2ccncc2c2cccnc21.Cn1c2ccncc2c2ccncc21.Cn1c2ccncc2c2ncccc21.Cn1c2ccncc2c2ncccc21.Cn1c2cnccc2c2cncnc21.Cn1c2cnccc2c2ncccc21.Cn1c2cnccc2c2ncccc21.Cn1c2ncccc2c2cncnc21. The molecule has 126 heavy (non-hydrogen) atoms. The van der Waals surface area contributed by atoms with Crippen molar-refractivity contribution in [1.29, 1.82) is 0 Å². The maximum Gasteiger partial charge on any atom is 0.145 e. The van der Waals surface area contributed by atoms with Gasteiger partial charge in [0.15, 0.2) is 0 Å². The summed E-state index contributed by atoms with van der Waals surface area (Å²) in [6.07, 6.45) is 50.7. The fourth-order valence-electron chi connectivity index (χ4n) is 16.6. The number of pyridine rings is 16. The maximum absolute atomic E-state index is 4.38. The van der Waals surface area contributed by atoms with E-state index in [1.165, 1.54) is 32.8 Å². The Hall–Kier alpha value is -17.2. The van der Waals surface area contributed by atoms with Crippen LogP contribution < -0.4 is 0 Å². The molecule has 0 aliphatic heterocycles. The van der Waals surface area contributed by atoms with E-state index in [4.69, 9.17) is 0 Å². The Morgan fingerprint density at radius 2 is 0.381 bits per heavy atom. The Morgan fingerprint density at radius 1 is 0.143 bits per heavy atom. The lowest BCUT2D eigenvalue weighted by atomic mass is 10.2. The van der Waals surface area contributed by atoms with E-state index in [9.17, 15) is 0 Å². The Labute approximate surface area is 717 Å². The van der Waals surface area contributed by atoms with Gasteiger partial charge < -0.3 is 41.1 Å². The third kappa shape index (κ3) is 14.3.